The molecule has 0 bridgehead atoms. The molecular weight excluding hydrogens is 416 g/mol. The fourth-order valence-electron chi connectivity index (χ4n) is 3.90. The van der Waals surface area contributed by atoms with Crippen molar-refractivity contribution < 1.29 is 14.3 Å². The molecule has 3 rings (SSSR count). The van der Waals surface area contributed by atoms with Crippen molar-refractivity contribution in [2.24, 2.45) is 0 Å². The first-order chi connectivity index (χ1) is 16.1. The molecule has 7 nitrogen and oxygen atoms in total. The quantitative estimate of drug-likeness (QED) is 0.429. The van der Waals surface area contributed by atoms with E-state index < -0.39 is 0 Å². The van der Waals surface area contributed by atoms with Crippen LogP contribution in [0.4, 0.5) is 0 Å². The van der Waals surface area contributed by atoms with E-state index in [0.29, 0.717) is 24.5 Å². The summed E-state index contributed by atoms with van der Waals surface area (Å²) in [7, 11) is 3.18. The number of nitrogens with zero attached hydrogens (tertiary/aromatic N) is 2. The van der Waals surface area contributed by atoms with Gasteiger partial charge in [0.15, 0.2) is 11.5 Å². The molecule has 2 N–H and O–H groups in total. The van der Waals surface area contributed by atoms with Gasteiger partial charge in [0, 0.05) is 38.4 Å². The Labute approximate surface area is 196 Å². The van der Waals surface area contributed by atoms with Gasteiger partial charge in [0.2, 0.25) is 0 Å². The van der Waals surface area contributed by atoms with Crippen molar-refractivity contribution in [1.29, 1.82) is 5.26 Å². The Balaban J connectivity index is 1.42. The van der Waals surface area contributed by atoms with E-state index in [2.05, 4.69) is 39.8 Å². The molecule has 7 heteroatoms. The number of hydrogen-bond donors (Lipinski definition) is 2. The SMILES string of the molecule is COc1ccc(CCNC(=O)/C(C#N)=C\NC2CCN(Cc3ccccc3)CC2)cc1OC. The first-order valence-electron chi connectivity index (χ1n) is 11.2. The molecule has 0 saturated carbocycles. The number of amides is 1. The van der Waals surface area contributed by atoms with Gasteiger partial charge in [0.25, 0.3) is 5.91 Å². The molecule has 1 amide bonds. The average molecular weight is 449 g/mol. The second-order valence-corrected chi connectivity index (χ2v) is 8.07. The van der Waals surface area contributed by atoms with Gasteiger partial charge in [-0.15, -0.1) is 0 Å². The molecule has 1 saturated heterocycles. The number of carbonyl (C=O) groups is 1. The van der Waals surface area contributed by atoms with Crippen LogP contribution in [0.3, 0.4) is 0 Å². The highest BCUT2D eigenvalue weighted by atomic mass is 16.5. The zero-order chi connectivity index (χ0) is 23.5. The standard InChI is InChI=1S/C26H32N4O3/c1-32-24-9-8-20(16-25(24)33-2)10-13-28-26(31)22(17-27)18-29-23-11-14-30(15-12-23)19-21-6-4-3-5-7-21/h3-9,16,18,23,29H,10-15,19H2,1-2H3,(H,28,31)/b22-18-. The number of hydrogen-bond acceptors (Lipinski definition) is 6. The minimum absolute atomic E-state index is 0.0917. The van der Waals surface area contributed by atoms with Crippen molar-refractivity contribution in [1.82, 2.24) is 15.5 Å². The number of likely N-dealkylation sites (tertiary alicyclic amines) is 1. The van der Waals surface area contributed by atoms with Crippen LogP contribution in [-0.4, -0.2) is 50.7 Å². The lowest BCUT2D eigenvalue weighted by Gasteiger charge is -2.32. The molecule has 0 spiro atoms. The number of carbonyl (C=O) groups excluding carboxylic acids is 1. The molecule has 0 atom stereocenters. The largest absolute Gasteiger partial charge is 0.493 e. The Morgan fingerprint density at radius 1 is 1.09 bits per heavy atom. The number of nitrogens with one attached hydrogen (secondary N) is 2. The van der Waals surface area contributed by atoms with Crippen molar-refractivity contribution in [2.75, 3.05) is 33.9 Å². The minimum Gasteiger partial charge on any atom is -0.493 e. The Morgan fingerprint density at radius 2 is 1.82 bits per heavy atom. The minimum atomic E-state index is -0.369. The van der Waals surface area contributed by atoms with E-state index in [0.717, 1.165) is 38.0 Å². The molecule has 0 aromatic heterocycles. The van der Waals surface area contributed by atoms with Crippen LogP contribution in [0.2, 0.25) is 0 Å². The Morgan fingerprint density at radius 3 is 2.48 bits per heavy atom. The third-order valence-corrected chi connectivity index (χ3v) is 5.81. The summed E-state index contributed by atoms with van der Waals surface area (Å²) in [6.45, 7) is 3.35. The van der Waals surface area contributed by atoms with Crippen molar-refractivity contribution in [3.8, 4) is 17.6 Å². The topological polar surface area (TPSA) is 86.6 Å². The van der Waals surface area contributed by atoms with Gasteiger partial charge in [-0.05, 0) is 42.5 Å². The van der Waals surface area contributed by atoms with Crippen LogP contribution in [0.5, 0.6) is 11.5 Å². The smallest absolute Gasteiger partial charge is 0.263 e. The summed E-state index contributed by atoms with van der Waals surface area (Å²) in [5.74, 6) is 0.946. The zero-order valence-electron chi connectivity index (χ0n) is 19.3. The van der Waals surface area contributed by atoms with Crippen LogP contribution >= 0.6 is 0 Å². The number of rotatable bonds is 10. The second-order valence-electron chi connectivity index (χ2n) is 8.07. The molecular formula is C26H32N4O3. The van der Waals surface area contributed by atoms with E-state index in [1.165, 1.54) is 5.56 Å². The summed E-state index contributed by atoms with van der Waals surface area (Å²) in [4.78, 5) is 14.9. The average Bonchev–Trinajstić information content (AvgIpc) is 2.86. The van der Waals surface area contributed by atoms with Crippen LogP contribution in [0.15, 0.2) is 60.3 Å². The lowest BCUT2D eigenvalue weighted by Crippen LogP contribution is -2.40. The number of nitriles is 1. The van der Waals surface area contributed by atoms with E-state index >= 15 is 0 Å². The van der Waals surface area contributed by atoms with Crippen molar-refractivity contribution in [3.05, 3.63) is 71.4 Å². The first kappa shape index (κ1) is 24.1. The molecule has 33 heavy (non-hydrogen) atoms. The highest BCUT2D eigenvalue weighted by Gasteiger charge is 2.19. The molecule has 1 aliphatic rings. The van der Waals surface area contributed by atoms with Crippen LogP contribution in [0, 0.1) is 11.3 Å². The predicted molar refractivity (Wildman–Crippen MR) is 128 cm³/mol. The van der Waals surface area contributed by atoms with E-state index in [4.69, 9.17) is 9.47 Å². The van der Waals surface area contributed by atoms with E-state index in [1.54, 1.807) is 20.4 Å². The highest BCUT2D eigenvalue weighted by molar-refractivity contribution is 5.97. The summed E-state index contributed by atoms with van der Waals surface area (Å²) in [6, 6.07) is 18.4. The van der Waals surface area contributed by atoms with Gasteiger partial charge in [-0.1, -0.05) is 36.4 Å². The summed E-state index contributed by atoms with van der Waals surface area (Å²) >= 11 is 0. The van der Waals surface area contributed by atoms with E-state index in [-0.39, 0.29) is 17.5 Å². The second kappa shape index (κ2) is 12.5. The fraction of sp³-hybridized carbons (Fsp3) is 0.385. The third kappa shape index (κ3) is 7.26. The number of benzene rings is 2. The van der Waals surface area contributed by atoms with E-state index in [1.807, 2.05) is 30.3 Å². The lowest BCUT2D eigenvalue weighted by atomic mass is 10.0. The first-order valence-corrected chi connectivity index (χ1v) is 11.2. The van der Waals surface area contributed by atoms with Crippen LogP contribution in [-0.2, 0) is 17.8 Å². The van der Waals surface area contributed by atoms with Crippen LogP contribution in [0.25, 0.3) is 0 Å². The van der Waals surface area contributed by atoms with E-state index in [9.17, 15) is 10.1 Å². The molecule has 1 aliphatic heterocycles. The van der Waals surface area contributed by atoms with Gasteiger partial charge in [-0.2, -0.15) is 5.26 Å². The Hall–Kier alpha value is -3.50. The maximum Gasteiger partial charge on any atom is 0.263 e. The van der Waals surface area contributed by atoms with Crippen molar-refractivity contribution >= 4 is 5.91 Å². The number of piperidine rings is 1. The normalized spacial score (nSPS) is 14.9. The maximum absolute atomic E-state index is 12.4. The molecule has 0 aliphatic carbocycles. The van der Waals surface area contributed by atoms with Gasteiger partial charge >= 0.3 is 0 Å². The van der Waals surface area contributed by atoms with Gasteiger partial charge in [0.1, 0.15) is 11.6 Å². The van der Waals surface area contributed by atoms with Gasteiger partial charge in [-0.3, -0.25) is 9.69 Å². The molecule has 0 radical (unpaired) electrons. The number of methoxy groups -OCH3 is 2. The molecule has 174 valence electrons. The van der Waals surface area contributed by atoms with Gasteiger partial charge in [-0.25, -0.2) is 0 Å². The van der Waals surface area contributed by atoms with Crippen molar-refractivity contribution in [2.45, 2.75) is 31.8 Å². The van der Waals surface area contributed by atoms with Crippen LogP contribution < -0.4 is 20.1 Å². The summed E-state index contributed by atoms with van der Waals surface area (Å²) in [5.41, 5.74) is 2.42. The Kier molecular flexibility index (Phi) is 9.16. The van der Waals surface area contributed by atoms with Crippen molar-refractivity contribution in [3.63, 3.8) is 0 Å². The van der Waals surface area contributed by atoms with Gasteiger partial charge < -0.3 is 20.1 Å². The van der Waals surface area contributed by atoms with Gasteiger partial charge in [0.05, 0.1) is 14.2 Å². The lowest BCUT2D eigenvalue weighted by molar-refractivity contribution is -0.117. The predicted octanol–water partition coefficient (Wildman–Crippen LogP) is 3.02. The summed E-state index contributed by atoms with van der Waals surface area (Å²) in [5, 5.41) is 15.5. The fourth-order valence-corrected chi connectivity index (χ4v) is 3.90. The molecule has 1 fully saturated rings. The highest BCUT2D eigenvalue weighted by Crippen LogP contribution is 2.27. The summed E-state index contributed by atoms with van der Waals surface area (Å²) < 4.78 is 10.6. The zero-order valence-corrected chi connectivity index (χ0v) is 19.3. The maximum atomic E-state index is 12.4. The monoisotopic (exact) mass is 448 g/mol. The summed E-state index contributed by atoms with van der Waals surface area (Å²) in [6.07, 6.45) is 4.13. The molecule has 2 aromatic rings. The molecule has 0 unspecified atom stereocenters. The third-order valence-electron chi connectivity index (χ3n) is 5.81. The van der Waals surface area contributed by atoms with Crippen LogP contribution in [0.1, 0.15) is 24.0 Å². The number of ether oxygens (including phenoxy) is 2. The Bertz CT molecular complexity index is 977. The molecule has 1 heterocycles. The molecule has 2 aromatic carbocycles.